The number of Topliss-reactive ketones (excluding diaryl/α,β-unsaturated/α-hetero) is 1. The zero-order valence-corrected chi connectivity index (χ0v) is 46.9. The number of aliphatic hydroxyl groups excluding tert-OH is 2. The Morgan fingerprint density at radius 3 is 2.19 bits per heavy atom. The van der Waals surface area contributed by atoms with E-state index < -0.39 is 94.6 Å². The van der Waals surface area contributed by atoms with Crippen molar-refractivity contribution in [3.05, 3.63) is 40.5 Å². The first-order valence-electron chi connectivity index (χ1n) is 25.1. The van der Waals surface area contributed by atoms with Gasteiger partial charge < -0.3 is 54.4 Å². The topological polar surface area (TPSA) is 240 Å². The van der Waals surface area contributed by atoms with Crippen LogP contribution in [0.25, 0.3) is 11.0 Å². The molecule has 0 aromatic carbocycles. The average Bonchev–Trinajstić information content (AvgIpc) is 3.88. The molecule has 0 spiro atoms. The summed E-state index contributed by atoms with van der Waals surface area (Å²) >= 11 is 13.9. The number of esters is 2. The highest BCUT2D eigenvalue weighted by molar-refractivity contribution is 8.00. The van der Waals surface area contributed by atoms with Crippen LogP contribution < -0.4 is 11.1 Å². The molecule has 72 heavy (non-hydrogen) atoms. The van der Waals surface area contributed by atoms with Crippen LogP contribution in [0.1, 0.15) is 119 Å². The summed E-state index contributed by atoms with van der Waals surface area (Å²) < 4.78 is 33.3. The Bertz CT molecular complexity index is 2310. The first kappa shape index (κ1) is 60.9. The van der Waals surface area contributed by atoms with E-state index >= 15 is 0 Å². The lowest BCUT2D eigenvalue weighted by atomic mass is 9.70. The molecule has 3 fully saturated rings. The number of amides is 1. The van der Waals surface area contributed by atoms with Crippen LogP contribution in [0.2, 0.25) is 10.0 Å². The van der Waals surface area contributed by atoms with Gasteiger partial charge in [0.05, 0.1) is 63.0 Å². The number of imidazole rings is 1. The Kier molecular flexibility index (Phi) is 22.2. The van der Waals surface area contributed by atoms with Crippen LogP contribution in [-0.4, -0.2) is 145 Å². The van der Waals surface area contributed by atoms with E-state index in [1.807, 2.05) is 39.8 Å². The third kappa shape index (κ3) is 13.0. The van der Waals surface area contributed by atoms with Gasteiger partial charge in [-0.15, -0.1) is 11.8 Å². The van der Waals surface area contributed by atoms with E-state index in [0.29, 0.717) is 11.9 Å². The molecule has 1 amide bonds. The highest BCUT2D eigenvalue weighted by Crippen LogP contribution is 2.49. The van der Waals surface area contributed by atoms with Gasteiger partial charge in [-0.1, -0.05) is 85.0 Å². The number of methoxy groups -OCH3 is 1. The Morgan fingerprint density at radius 2 is 1.61 bits per heavy atom. The molecule has 3 aromatic heterocycles. The molecule has 3 saturated heterocycles. The van der Waals surface area contributed by atoms with Crippen LogP contribution in [0.15, 0.2) is 24.9 Å². The fourth-order valence-corrected chi connectivity index (χ4v) is 12.2. The summed E-state index contributed by atoms with van der Waals surface area (Å²) in [5, 5.41) is 25.6. The number of rotatable bonds is 11. The van der Waals surface area contributed by atoms with Crippen LogP contribution in [0.4, 0.5) is 11.5 Å². The number of nitrogen functional groups attached to an aromatic ring is 1. The van der Waals surface area contributed by atoms with E-state index in [1.54, 1.807) is 53.0 Å². The highest BCUT2D eigenvalue weighted by Gasteiger charge is 2.61. The highest BCUT2D eigenvalue weighted by atomic mass is 35.5. The predicted molar refractivity (Wildman–Crippen MR) is 281 cm³/mol. The van der Waals surface area contributed by atoms with Gasteiger partial charge in [0.25, 0.3) is 5.91 Å². The van der Waals surface area contributed by atoms with E-state index in [1.165, 1.54) is 50.2 Å². The van der Waals surface area contributed by atoms with Gasteiger partial charge in [0, 0.05) is 67.7 Å². The average molecular weight is 1070 g/mol. The van der Waals surface area contributed by atoms with E-state index in [2.05, 4.69) is 34.1 Å². The van der Waals surface area contributed by atoms with E-state index in [9.17, 15) is 29.4 Å². The predicted octanol–water partition coefficient (Wildman–Crippen LogP) is 7.86. The molecule has 3 aromatic rings. The number of thioether (sulfide) groups is 1. The monoisotopic (exact) mass is 1070 g/mol. The lowest BCUT2D eigenvalue weighted by Crippen LogP contribution is -2.60. The minimum absolute atomic E-state index is 0.0978. The third-order valence-corrected chi connectivity index (χ3v) is 16.0. The van der Waals surface area contributed by atoms with Gasteiger partial charge >= 0.3 is 11.9 Å². The second kappa shape index (κ2) is 26.2. The third-order valence-electron chi connectivity index (χ3n) is 14.2. The minimum Gasteiger partial charge on any atom is -0.458 e. The van der Waals surface area contributed by atoms with Crippen LogP contribution >= 0.6 is 35.0 Å². The van der Waals surface area contributed by atoms with E-state index in [4.69, 9.17) is 52.6 Å². The van der Waals surface area contributed by atoms with Crippen molar-refractivity contribution in [3.63, 3.8) is 0 Å². The zero-order chi connectivity index (χ0) is 54.2. The normalized spacial score (nSPS) is 33.4. The number of aromatic nitrogens is 4. The van der Waals surface area contributed by atoms with Gasteiger partial charge in [-0.05, 0) is 61.1 Å². The number of anilines is 2. The number of aryl methyl sites for hydroxylation is 1. The molecule has 3 aliphatic rings. The van der Waals surface area contributed by atoms with Crippen molar-refractivity contribution < 1.29 is 53.1 Å². The SMILES string of the molecule is CC.CCC.CC[C@H]1OC(=O)C(C)[C@@H](O)[C@H](C)[C@@H](O[C@@H]2OC(C)CC(N(C)C)[C@H]2O)C(C)(OC)C[C@@H](C)C(=O)C(C)C2C(SCCn3cnc4c(N)ncc(C(=O)Nc5c(Cl)cncc5Cl)c43)C(=O)O[C@@]21C. The number of pyridine rings is 2. The Hall–Kier alpha value is -3.66. The molecule has 3 aliphatic heterocycles. The number of likely N-dealkylation sites (N-methyl/N-ethyl adjacent to an activating group) is 1. The smallest absolute Gasteiger partial charge is 0.320 e. The number of cyclic esters (lactones) is 1. The number of hydrogen-bond donors (Lipinski definition) is 4. The number of hydrogen-bond acceptors (Lipinski definition) is 17. The molecule has 0 aliphatic carbocycles. The summed E-state index contributed by atoms with van der Waals surface area (Å²) in [6, 6.07) is -0.295. The second-order valence-corrected chi connectivity index (χ2v) is 21.7. The van der Waals surface area contributed by atoms with Crippen molar-refractivity contribution in [2.45, 2.75) is 175 Å². The van der Waals surface area contributed by atoms with Crippen molar-refractivity contribution in [2.24, 2.45) is 29.6 Å². The summed E-state index contributed by atoms with van der Waals surface area (Å²) in [4.78, 5) is 71.5. The van der Waals surface area contributed by atoms with Crippen molar-refractivity contribution in [1.82, 2.24) is 24.4 Å². The van der Waals surface area contributed by atoms with E-state index in [-0.39, 0.29) is 75.7 Å². The van der Waals surface area contributed by atoms with E-state index in [0.717, 1.165) is 0 Å². The molecule has 0 bridgehead atoms. The van der Waals surface area contributed by atoms with Crippen molar-refractivity contribution in [3.8, 4) is 0 Å². The molecule has 5 N–H and O–H groups in total. The molecule has 0 saturated carbocycles. The molecule has 6 rings (SSSR count). The van der Waals surface area contributed by atoms with Gasteiger partial charge in [-0.25, -0.2) is 9.97 Å². The zero-order valence-electron chi connectivity index (χ0n) is 44.6. The number of carbonyl (C=O) groups is 4. The number of ether oxygens (including phenoxy) is 5. The number of nitrogens with zero attached hydrogens (tertiary/aromatic N) is 5. The quantitative estimate of drug-likeness (QED) is 0.134. The minimum atomic E-state index is -1.46. The molecule has 6 heterocycles. The summed E-state index contributed by atoms with van der Waals surface area (Å²) in [5.41, 5.74) is 4.44. The maximum absolute atomic E-state index is 14.9. The molecule has 21 heteroatoms. The molecule has 18 nitrogen and oxygen atoms in total. The number of ketones is 1. The second-order valence-electron chi connectivity index (χ2n) is 19.7. The maximum atomic E-state index is 14.9. The summed E-state index contributed by atoms with van der Waals surface area (Å²) in [7, 11) is 5.23. The molecule has 15 atom stereocenters. The number of aliphatic hydroxyl groups is 2. The largest absolute Gasteiger partial charge is 0.458 e. The van der Waals surface area contributed by atoms with Crippen molar-refractivity contribution in [2.75, 3.05) is 38.0 Å². The fourth-order valence-electron chi connectivity index (χ4n) is 10.3. The Balaban J connectivity index is 0.00000217. The number of nitrogens with one attached hydrogen (secondary N) is 1. The fraction of sp³-hybridized carbons (Fsp3) is 0.706. The summed E-state index contributed by atoms with van der Waals surface area (Å²) in [6.07, 6.45) is 1.88. The number of nitrogens with two attached hydrogens (primary N) is 1. The number of fused-ring (bicyclic) bond motifs is 2. The van der Waals surface area contributed by atoms with Crippen LogP contribution in [0.5, 0.6) is 0 Å². The Morgan fingerprint density at radius 1 is 0.986 bits per heavy atom. The molecular formula is C51H79Cl2N7O11S. The molecular weight excluding hydrogens is 990 g/mol. The number of carbonyl (C=O) groups excluding carboxylic acids is 4. The van der Waals surface area contributed by atoms with Gasteiger partial charge in [0.2, 0.25) is 0 Å². The summed E-state index contributed by atoms with van der Waals surface area (Å²) in [6.45, 7) is 22.5. The van der Waals surface area contributed by atoms with Crippen LogP contribution in [0.3, 0.4) is 0 Å². The van der Waals surface area contributed by atoms with Gasteiger partial charge in [0.1, 0.15) is 28.8 Å². The van der Waals surface area contributed by atoms with Gasteiger partial charge in [0.15, 0.2) is 17.7 Å². The van der Waals surface area contributed by atoms with Crippen LogP contribution in [-0.2, 0) is 44.6 Å². The standard InChI is InChI=1S/C46H65Cl2N7O11S.C3H8.C2H6/c1-12-30-46(8)31(38(43(61)66-46)67-14-13-55-20-52-33-34(55)26(17-51-40(33)49)41(59)53-32-27(47)18-50-19-28(32)48)23(4)35(56)21(2)16-45(7,62-11)39(24(5)36(57)25(6)42(60)64-30)65-44-37(58)29(54(9)10)15-22(3)63-44;1-3-2;1-2/h17-25,29-31,36-39,44,57-58H,12-16H2,1-11H3,(H2,49,51)(H,50,53,59);3H2,1-2H3;1-2H3/t21-,22?,23?,24+,25?,29?,30-,31?,36+,37-,38?,39-,44+,45?,46-;;/m1../s1. The lowest BCUT2D eigenvalue weighted by Gasteiger charge is -2.48. The van der Waals surface area contributed by atoms with Crippen molar-refractivity contribution in [1.29, 1.82) is 0 Å². The summed E-state index contributed by atoms with van der Waals surface area (Å²) in [5.74, 6) is -5.90. The molecule has 7 unspecified atom stereocenters. The first-order chi connectivity index (χ1) is 33.9. The van der Waals surface area contributed by atoms with Crippen LogP contribution in [0, 0.1) is 29.6 Å². The van der Waals surface area contributed by atoms with Crippen molar-refractivity contribution >= 4 is 81.1 Å². The first-order valence-corrected chi connectivity index (χ1v) is 26.9. The maximum Gasteiger partial charge on any atom is 0.320 e. The Labute approximate surface area is 439 Å². The number of halogens is 2. The molecule has 404 valence electrons. The molecule has 0 radical (unpaired) electrons. The van der Waals surface area contributed by atoms with Gasteiger partial charge in [-0.2, -0.15) is 0 Å². The lowest BCUT2D eigenvalue weighted by molar-refractivity contribution is -0.301. The van der Waals surface area contributed by atoms with Gasteiger partial charge in [-0.3, -0.25) is 24.2 Å².